The van der Waals surface area contributed by atoms with E-state index in [1.165, 1.54) is 41.1 Å². The van der Waals surface area contributed by atoms with Crippen molar-refractivity contribution in [2.45, 2.75) is 45.1 Å². The molecule has 0 unspecified atom stereocenters. The molecule has 4 heterocycles. The van der Waals surface area contributed by atoms with Gasteiger partial charge in [0.05, 0.1) is 16.3 Å². The third-order valence-electron chi connectivity index (χ3n) is 5.55. The second kappa shape index (κ2) is 6.09. The lowest BCUT2D eigenvalue weighted by atomic mass is 9.81. The maximum atomic E-state index is 13.0. The van der Waals surface area contributed by atoms with Crippen LogP contribution in [0, 0.1) is 6.92 Å². The Hall–Kier alpha value is -2.41. The summed E-state index contributed by atoms with van der Waals surface area (Å²) in [6.45, 7) is 3.42. The van der Waals surface area contributed by atoms with Gasteiger partial charge in [-0.2, -0.15) is 10.2 Å². The van der Waals surface area contributed by atoms with Crippen LogP contribution in [0.25, 0.3) is 10.6 Å². The molecule has 5 rings (SSSR count). The summed E-state index contributed by atoms with van der Waals surface area (Å²) in [5.41, 5.74) is 5.01. The topological polar surface area (TPSA) is 77.7 Å². The molecule has 7 heteroatoms. The number of hydrogen-bond donors (Lipinski definition) is 2. The van der Waals surface area contributed by atoms with Crippen LogP contribution >= 0.6 is 11.3 Å². The van der Waals surface area contributed by atoms with E-state index >= 15 is 0 Å². The standard InChI is InChI=1S/C19H21N5OS/c1-11-5-6-17(26-11)15-9-16(22-21-15)19(25)24-8-7-14-13(10-24)18(23-20-14)12-3-2-4-12/h5-6,9,12H,2-4,7-8,10H2,1H3,(H,20,23)(H,21,22). The number of fused-ring (bicyclic) bond motifs is 1. The number of aryl methyl sites for hydroxylation is 1. The van der Waals surface area contributed by atoms with Gasteiger partial charge in [0.15, 0.2) is 5.69 Å². The van der Waals surface area contributed by atoms with Gasteiger partial charge in [0.1, 0.15) is 0 Å². The van der Waals surface area contributed by atoms with Gasteiger partial charge in [0, 0.05) is 41.6 Å². The summed E-state index contributed by atoms with van der Waals surface area (Å²) in [6.07, 6.45) is 4.55. The number of thiophene rings is 1. The summed E-state index contributed by atoms with van der Waals surface area (Å²) in [5.74, 6) is 0.566. The molecule has 1 fully saturated rings. The van der Waals surface area contributed by atoms with E-state index in [-0.39, 0.29) is 5.91 Å². The van der Waals surface area contributed by atoms with Gasteiger partial charge < -0.3 is 4.90 Å². The SMILES string of the molecule is Cc1ccc(-c2cc(C(=O)N3CCc4[nH]nc(C5CCC5)c4C3)n[nH]2)s1. The van der Waals surface area contributed by atoms with Crippen LogP contribution in [0.4, 0.5) is 0 Å². The van der Waals surface area contributed by atoms with E-state index in [1.54, 1.807) is 11.3 Å². The Morgan fingerprint density at radius 1 is 1.27 bits per heavy atom. The minimum absolute atomic E-state index is 0.00723. The molecule has 0 spiro atoms. The first-order valence-electron chi connectivity index (χ1n) is 9.16. The lowest BCUT2D eigenvalue weighted by Crippen LogP contribution is -2.36. The molecule has 1 aliphatic carbocycles. The molecule has 0 saturated heterocycles. The lowest BCUT2D eigenvalue weighted by Gasteiger charge is -2.29. The van der Waals surface area contributed by atoms with Gasteiger partial charge in [-0.3, -0.25) is 15.0 Å². The fraction of sp³-hybridized carbons (Fsp3) is 0.421. The minimum Gasteiger partial charge on any atom is -0.332 e. The predicted molar refractivity (Wildman–Crippen MR) is 100 cm³/mol. The van der Waals surface area contributed by atoms with E-state index in [1.807, 2.05) is 11.0 Å². The summed E-state index contributed by atoms with van der Waals surface area (Å²) < 4.78 is 0. The molecule has 1 aliphatic heterocycles. The third kappa shape index (κ3) is 2.58. The fourth-order valence-electron chi connectivity index (χ4n) is 3.81. The Labute approximate surface area is 155 Å². The van der Waals surface area contributed by atoms with Crippen molar-refractivity contribution in [1.29, 1.82) is 0 Å². The van der Waals surface area contributed by atoms with Crippen LogP contribution in [-0.4, -0.2) is 37.7 Å². The molecule has 2 N–H and O–H groups in total. The quantitative estimate of drug-likeness (QED) is 0.742. The van der Waals surface area contributed by atoms with Crippen molar-refractivity contribution < 1.29 is 4.79 Å². The molecule has 0 bridgehead atoms. The van der Waals surface area contributed by atoms with Gasteiger partial charge >= 0.3 is 0 Å². The van der Waals surface area contributed by atoms with E-state index < -0.39 is 0 Å². The number of H-pyrrole nitrogens is 2. The van der Waals surface area contributed by atoms with Crippen LogP contribution in [0.2, 0.25) is 0 Å². The predicted octanol–water partition coefficient (Wildman–Crippen LogP) is 3.64. The highest BCUT2D eigenvalue weighted by Crippen LogP contribution is 2.39. The van der Waals surface area contributed by atoms with Crippen molar-refractivity contribution >= 4 is 17.2 Å². The number of rotatable bonds is 3. The van der Waals surface area contributed by atoms with E-state index in [0.29, 0.717) is 24.7 Å². The van der Waals surface area contributed by atoms with Crippen molar-refractivity contribution in [1.82, 2.24) is 25.3 Å². The molecule has 6 nitrogen and oxygen atoms in total. The number of carbonyl (C=O) groups excluding carboxylic acids is 1. The number of aromatic nitrogens is 4. The molecule has 3 aromatic heterocycles. The Morgan fingerprint density at radius 2 is 2.15 bits per heavy atom. The first kappa shape index (κ1) is 15.8. The number of hydrogen-bond acceptors (Lipinski definition) is 4. The van der Waals surface area contributed by atoms with E-state index in [9.17, 15) is 4.79 Å². The summed E-state index contributed by atoms with van der Waals surface area (Å²) in [4.78, 5) is 17.2. The van der Waals surface area contributed by atoms with Gasteiger partial charge in [0.25, 0.3) is 5.91 Å². The normalized spacial score (nSPS) is 17.2. The maximum absolute atomic E-state index is 13.0. The number of amides is 1. The van der Waals surface area contributed by atoms with Crippen LogP contribution < -0.4 is 0 Å². The molecule has 0 aromatic carbocycles. The van der Waals surface area contributed by atoms with Crippen LogP contribution in [-0.2, 0) is 13.0 Å². The second-order valence-corrected chi connectivity index (χ2v) is 8.54. The molecular weight excluding hydrogens is 346 g/mol. The third-order valence-corrected chi connectivity index (χ3v) is 6.58. The van der Waals surface area contributed by atoms with Crippen molar-refractivity contribution in [2.24, 2.45) is 0 Å². The number of carbonyl (C=O) groups is 1. The highest BCUT2D eigenvalue weighted by molar-refractivity contribution is 7.15. The minimum atomic E-state index is -0.00723. The highest BCUT2D eigenvalue weighted by Gasteiger charge is 2.31. The monoisotopic (exact) mass is 367 g/mol. The summed E-state index contributed by atoms with van der Waals surface area (Å²) in [6, 6.07) is 6.01. The van der Waals surface area contributed by atoms with Gasteiger partial charge in [-0.15, -0.1) is 11.3 Å². The van der Waals surface area contributed by atoms with E-state index in [2.05, 4.69) is 39.5 Å². The van der Waals surface area contributed by atoms with Crippen LogP contribution in [0.3, 0.4) is 0 Å². The van der Waals surface area contributed by atoms with Crippen LogP contribution in [0.5, 0.6) is 0 Å². The zero-order chi connectivity index (χ0) is 17.7. The number of nitrogens with zero attached hydrogens (tertiary/aromatic N) is 3. The van der Waals surface area contributed by atoms with E-state index in [0.717, 1.165) is 17.0 Å². The van der Waals surface area contributed by atoms with Gasteiger partial charge in [-0.25, -0.2) is 0 Å². The molecule has 26 heavy (non-hydrogen) atoms. The van der Waals surface area contributed by atoms with Crippen LogP contribution in [0.15, 0.2) is 18.2 Å². The van der Waals surface area contributed by atoms with E-state index in [4.69, 9.17) is 0 Å². The van der Waals surface area contributed by atoms with Crippen LogP contribution in [0.1, 0.15) is 57.5 Å². The Bertz CT molecular complexity index is 964. The average Bonchev–Trinajstić information content (AvgIpc) is 3.32. The highest BCUT2D eigenvalue weighted by atomic mass is 32.1. The number of aromatic amines is 2. The first-order chi connectivity index (χ1) is 12.7. The molecule has 0 atom stereocenters. The molecular formula is C19H21N5OS. The zero-order valence-corrected chi connectivity index (χ0v) is 15.5. The largest absolute Gasteiger partial charge is 0.332 e. The second-order valence-electron chi connectivity index (χ2n) is 7.25. The van der Waals surface area contributed by atoms with Crippen molar-refractivity contribution in [2.75, 3.05) is 6.54 Å². The van der Waals surface area contributed by atoms with Crippen molar-refractivity contribution in [3.8, 4) is 10.6 Å². The Kier molecular flexibility index (Phi) is 3.70. The molecule has 3 aromatic rings. The molecule has 1 amide bonds. The van der Waals surface area contributed by atoms with Gasteiger partial charge in [0.2, 0.25) is 0 Å². The summed E-state index contributed by atoms with van der Waals surface area (Å²) in [7, 11) is 0. The average molecular weight is 367 g/mol. The van der Waals surface area contributed by atoms with Gasteiger partial charge in [-0.1, -0.05) is 6.42 Å². The first-order valence-corrected chi connectivity index (χ1v) is 9.98. The lowest BCUT2D eigenvalue weighted by molar-refractivity contribution is 0.0727. The molecule has 134 valence electrons. The summed E-state index contributed by atoms with van der Waals surface area (Å²) >= 11 is 1.70. The van der Waals surface area contributed by atoms with Gasteiger partial charge in [-0.05, 0) is 38.0 Å². The summed E-state index contributed by atoms with van der Waals surface area (Å²) in [5, 5.41) is 15.0. The molecule has 1 saturated carbocycles. The zero-order valence-electron chi connectivity index (χ0n) is 14.7. The molecule has 0 radical (unpaired) electrons. The fourth-order valence-corrected chi connectivity index (χ4v) is 4.64. The maximum Gasteiger partial charge on any atom is 0.274 e. The van der Waals surface area contributed by atoms with Crippen molar-refractivity contribution in [3.63, 3.8) is 0 Å². The van der Waals surface area contributed by atoms with Crippen molar-refractivity contribution in [3.05, 3.63) is 45.7 Å². The number of nitrogens with one attached hydrogen (secondary N) is 2. The Balaban J connectivity index is 1.37. The Morgan fingerprint density at radius 3 is 2.88 bits per heavy atom. The molecule has 2 aliphatic rings. The smallest absolute Gasteiger partial charge is 0.274 e.